The molecule has 0 unspecified atom stereocenters. The third-order valence-electron chi connectivity index (χ3n) is 3.33. The van der Waals surface area contributed by atoms with Crippen LogP contribution in [0, 0.1) is 13.8 Å². The summed E-state index contributed by atoms with van der Waals surface area (Å²) in [7, 11) is 0. The van der Waals surface area contributed by atoms with Gasteiger partial charge in [-0.25, -0.2) is 4.98 Å². The van der Waals surface area contributed by atoms with Crippen LogP contribution in [0.25, 0.3) is 15.3 Å². The van der Waals surface area contributed by atoms with Gasteiger partial charge in [0.05, 0.1) is 27.5 Å². The summed E-state index contributed by atoms with van der Waals surface area (Å²) in [4.78, 5) is 19.4. The highest BCUT2D eigenvalue weighted by Gasteiger charge is 2.17. The number of rotatable bonds is 2. The number of amides is 1. The number of H-pyrrole nitrogens is 1. The number of nitrogens with zero attached hydrogens (tertiary/aromatic N) is 3. The minimum absolute atomic E-state index is 0.130. The van der Waals surface area contributed by atoms with E-state index >= 15 is 0 Å². The van der Waals surface area contributed by atoms with Gasteiger partial charge in [-0.05, 0) is 19.9 Å². The summed E-state index contributed by atoms with van der Waals surface area (Å²) in [5.41, 5.74) is 3.35. The highest BCUT2D eigenvalue weighted by molar-refractivity contribution is 7.21. The molecular formula is C13H11N5OS2. The highest BCUT2D eigenvalue weighted by atomic mass is 32.1. The lowest BCUT2D eigenvalue weighted by Crippen LogP contribution is -2.11. The van der Waals surface area contributed by atoms with E-state index in [0.29, 0.717) is 4.88 Å². The van der Waals surface area contributed by atoms with E-state index in [2.05, 4.69) is 20.5 Å². The van der Waals surface area contributed by atoms with Crippen molar-refractivity contribution in [1.82, 2.24) is 19.6 Å². The van der Waals surface area contributed by atoms with Gasteiger partial charge in [-0.1, -0.05) is 0 Å². The fourth-order valence-corrected chi connectivity index (χ4v) is 3.97. The Kier molecular flexibility index (Phi) is 2.63. The molecule has 106 valence electrons. The van der Waals surface area contributed by atoms with Gasteiger partial charge in [-0.15, -0.1) is 22.7 Å². The van der Waals surface area contributed by atoms with Gasteiger partial charge in [-0.2, -0.15) is 5.10 Å². The Bertz CT molecular complexity index is 954. The molecule has 4 rings (SSSR count). The zero-order valence-corrected chi connectivity index (χ0v) is 12.9. The van der Waals surface area contributed by atoms with Crippen LogP contribution in [0.2, 0.25) is 0 Å². The van der Waals surface area contributed by atoms with Crippen molar-refractivity contribution in [3.05, 3.63) is 33.9 Å². The lowest BCUT2D eigenvalue weighted by molar-refractivity contribution is 0.103. The molecule has 0 aliphatic rings. The lowest BCUT2D eigenvalue weighted by atomic mass is 10.3. The molecule has 21 heavy (non-hydrogen) atoms. The quantitative estimate of drug-likeness (QED) is 0.596. The SMILES string of the molecule is Cc1n[nH]c(C)c1NC(=O)c1cc2c(nc3sccn32)s1. The van der Waals surface area contributed by atoms with Gasteiger partial charge in [0.2, 0.25) is 0 Å². The van der Waals surface area contributed by atoms with Gasteiger partial charge in [0, 0.05) is 11.6 Å². The van der Waals surface area contributed by atoms with E-state index < -0.39 is 0 Å². The Labute approximate surface area is 127 Å². The number of aryl methyl sites for hydroxylation is 2. The van der Waals surface area contributed by atoms with Crippen molar-refractivity contribution < 1.29 is 4.79 Å². The molecule has 0 aliphatic heterocycles. The number of hydrogen-bond donors (Lipinski definition) is 2. The molecule has 4 heterocycles. The Morgan fingerprint density at radius 2 is 2.29 bits per heavy atom. The van der Waals surface area contributed by atoms with Crippen molar-refractivity contribution in [2.45, 2.75) is 13.8 Å². The predicted octanol–water partition coefficient (Wildman–Crippen LogP) is 3.20. The van der Waals surface area contributed by atoms with E-state index in [1.54, 1.807) is 11.3 Å². The molecule has 0 radical (unpaired) electrons. The fraction of sp³-hybridized carbons (Fsp3) is 0.154. The number of nitrogens with one attached hydrogen (secondary N) is 2. The van der Waals surface area contributed by atoms with Crippen LogP contribution in [-0.4, -0.2) is 25.5 Å². The first-order valence-electron chi connectivity index (χ1n) is 6.31. The van der Waals surface area contributed by atoms with Crippen molar-refractivity contribution in [2.24, 2.45) is 0 Å². The summed E-state index contributed by atoms with van der Waals surface area (Å²) in [6.45, 7) is 3.74. The second-order valence-corrected chi connectivity index (χ2v) is 6.64. The molecule has 0 saturated carbocycles. The zero-order chi connectivity index (χ0) is 14.6. The number of fused-ring (bicyclic) bond motifs is 3. The molecule has 1 amide bonds. The zero-order valence-electron chi connectivity index (χ0n) is 11.3. The molecule has 4 aromatic heterocycles. The minimum atomic E-state index is -0.130. The van der Waals surface area contributed by atoms with Crippen molar-refractivity contribution >= 4 is 49.6 Å². The molecule has 0 aromatic carbocycles. The summed E-state index contributed by atoms with van der Waals surface area (Å²) >= 11 is 2.99. The molecule has 0 fully saturated rings. The predicted molar refractivity (Wildman–Crippen MR) is 84.5 cm³/mol. The maximum atomic E-state index is 12.4. The molecule has 2 N–H and O–H groups in total. The lowest BCUT2D eigenvalue weighted by Gasteiger charge is -2.02. The summed E-state index contributed by atoms with van der Waals surface area (Å²) in [5.74, 6) is -0.130. The number of hydrogen-bond acceptors (Lipinski definition) is 5. The smallest absolute Gasteiger partial charge is 0.265 e. The largest absolute Gasteiger partial charge is 0.318 e. The molecule has 0 aliphatic carbocycles. The molecule has 0 bridgehead atoms. The first kappa shape index (κ1) is 12.5. The molecule has 6 nitrogen and oxygen atoms in total. The van der Waals surface area contributed by atoms with Crippen molar-refractivity contribution in [3.63, 3.8) is 0 Å². The molecule has 0 saturated heterocycles. The second kappa shape index (κ2) is 4.40. The number of carbonyl (C=O) groups excluding carboxylic acids is 1. The van der Waals surface area contributed by atoms with E-state index in [1.807, 2.05) is 35.9 Å². The number of thiophene rings is 1. The number of imidazole rings is 1. The van der Waals surface area contributed by atoms with E-state index in [1.165, 1.54) is 11.3 Å². The Morgan fingerprint density at radius 1 is 1.43 bits per heavy atom. The maximum absolute atomic E-state index is 12.4. The number of anilines is 1. The third-order valence-corrected chi connectivity index (χ3v) is 5.10. The van der Waals surface area contributed by atoms with Crippen LogP contribution in [0.1, 0.15) is 21.1 Å². The molecule has 0 spiro atoms. The summed E-state index contributed by atoms with van der Waals surface area (Å²) in [6.07, 6.45) is 1.97. The fourth-order valence-electron chi connectivity index (χ4n) is 2.27. The van der Waals surface area contributed by atoms with Gasteiger partial charge in [-0.3, -0.25) is 14.3 Å². The third kappa shape index (κ3) is 1.87. The molecule has 4 aromatic rings. The van der Waals surface area contributed by atoms with E-state index in [9.17, 15) is 4.79 Å². The van der Waals surface area contributed by atoms with Gasteiger partial charge in [0.1, 0.15) is 4.83 Å². The van der Waals surface area contributed by atoms with Crippen LogP contribution >= 0.6 is 22.7 Å². The summed E-state index contributed by atoms with van der Waals surface area (Å²) in [5, 5.41) is 11.8. The average Bonchev–Trinajstić information content (AvgIpc) is 3.16. The standard InChI is InChI=1S/C13H11N5OS2/c1-6-10(7(2)17-16-6)14-11(19)9-5-8-12(21-9)15-13-18(8)3-4-20-13/h3-5H,1-2H3,(H,14,19)(H,16,17). The number of aromatic nitrogens is 4. The number of thiazole rings is 1. The van der Waals surface area contributed by atoms with Crippen LogP contribution < -0.4 is 5.32 Å². The van der Waals surface area contributed by atoms with Crippen LogP contribution in [0.3, 0.4) is 0 Å². The molecular weight excluding hydrogens is 306 g/mol. The first-order chi connectivity index (χ1) is 10.1. The van der Waals surface area contributed by atoms with E-state index in [0.717, 1.165) is 32.4 Å². The molecule has 8 heteroatoms. The normalized spacial score (nSPS) is 11.5. The minimum Gasteiger partial charge on any atom is -0.318 e. The number of aromatic amines is 1. The van der Waals surface area contributed by atoms with Crippen molar-refractivity contribution in [3.8, 4) is 0 Å². The van der Waals surface area contributed by atoms with Gasteiger partial charge in [0.25, 0.3) is 5.91 Å². The van der Waals surface area contributed by atoms with E-state index in [4.69, 9.17) is 0 Å². The topological polar surface area (TPSA) is 75.1 Å². The number of carbonyl (C=O) groups is 1. The van der Waals surface area contributed by atoms with Crippen LogP contribution in [0.5, 0.6) is 0 Å². The summed E-state index contributed by atoms with van der Waals surface area (Å²) < 4.78 is 2.00. The van der Waals surface area contributed by atoms with Crippen molar-refractivity contribution in [2.75, 3.05) is 5.32 Å². The second-order valence-electron chi connectivity index (χ2n) is 4.73. The van der Waals surface area contributed by atoms with Crippen LogP contribution in [-0.2, 0) is 0 Å². The van der Waals surface area contributed by atoms with Crippen molar-refractivity contribution in [1.29, 1.82) is 0 Å². The van der Waals surface area contributed by atoms with Crippen LogP contribution in [0.15, 0.2) is 17.6 Å². The first-order valence-corrected chi connectivity index (χ1v) is 8.01. The Balaban J connectivity index is 1.72. The molecule has 0 atom stereocenters. The van der Waals surface area contributed by atoms with Gasteiger partial charge >= 0.3 is 0 Å². The van der Waals surface area contributed by atoms with Crippen LogP contribution in [0.4, 0.5) is 5.69 Å². The van der Waals surface area contributed by atoms with Gasteiger partial charge in [0.15, 0.2) is 4.96 Å². The average molecular weight is 317 g/mol. The Hall–Kier alpha value is -2.19. The Morgan fingerprint density at radius 3 is 3.05 bits per heavy atom. The highest BCUT2D eigenvalue weighted by Crippen LogP contribution is 2.29. The van der Waals surface area contributed by atoms with Gasteiger partial charge < -0.3 is 5.32 Å². The van der Waals surface area contributed by atoms with E-state index in [-0.39, 0.29) is 5.91 Å². The maximum Gasteiger partial charge on any atom is 0.265 e. The summed E-state index contributed by atoms with van der Waals surface area (Å²) in [6, 6.07) is 1.88. The monoisotopic (exact) mass is 317 g/mol.